The molecule has 14 heavy (non-hydrogen) atoms. The third kappa shape index (κ3) is 3.04. The fourth-order valence-corrected chi connectivity index (χ4v) is 0.812. The monoisotopic (exact) mass is 187 g/mol. The normalized spacial score (nSPS) is 10.2. The van der Waals surface area contributed by atoms with Gasteiger partial charge in [-0.2, -0.15) is 0 Å². The van der Waals surface area contributed by atoms with E-state index in [-0.39, 0.29) is 5.78 Å². The quantitative estimate of drug-likeness (QED) is 0.674. The highest BCUT2D eigenvalue weighted by molar-refractivity contribution is 6.02. The number of Topliss-reactive ketones (excluding diaryl/α,β-unsaturated/α-hetero) is 1. The van der Waals surface area contributed by atoms with E-state index in [4.69, 9.17) is 5.73 Å². The highest BCUT2D eigenvalue weighted by Gasteiger charge is 2.19. The standard InChI is InChI=1S/C12H13NO/c1-12(2,13)11(14)9-8-10-6-4-3-5-7-10/h3-7H,13H2,1-2H3. The second-order valence-electron chi connectivity index (χ2n) is 3.67. The summed E-state index contributed by atoms with van der Waals surface area (Å²) < 4.78 is 0. The molecule has 1 aromatic rings. The molecule has 0 fully saturated rings. The molecule has 2 nitrogen and oxygen atoms in total. The topological polar surface area (TPSA) is 43.1 Å². The van der Waals surface area contributed by atoms with Crippen LogP contribution in [0.4, 0.5) is 0 Å². The molecule has 0 aliphatic heterocycles. The molecule has 2 N–H and O–H groups in total. The molecular weight excluding hydrogens is 174 g/mol. The van der Waals surface area contributed by atoms with Crippen LogP contribution in [0.1, 0.15) is 19.4 Å². The molecule has 1 aromatic carbocycles. The molecule has 0 amide bonds. The Morgan fingerprint density at radius 2 is 1.86 bits per heavy atom. The minimum absolute atomic E-state index is 0.249. The van der Waals surface area contributed by atoms with Crippen LogP contribution in [0.3, 0.4) is 0 Å². The van der Waals surface area contributed by atoms with Crippen molar-refractivity contribution in [3.05, 3.63) is 35.9 Å². The van der Waals surface area contributed by atoms with E-state index in [9.17, 15) is 4.79 Å². The number of benzene rings is 1. The van der Waals surface area contributed by atoms with Crippen LogP contribution in [0.5, 0.6) is 0 Å². The minimum Gasteiger partial charge on any atom is -0.319 e. The van der Waals surface area contributed by atoms with Gasteiger partial charge < -0.3 is 5.73 Å². The Hall–Kier alpha value is -1.59. The average Bonchev–Trinajstić information content (AvgIpc) is 2.14. The predicted molar refractivity (Wildman–Crippen MR) is 56.6 cm³/mol. The van der Waals surface area contributed by atoms with Gasteiger partial charge in [0.15, 0.2) is 0 Å². The molecule has 0 aliphatic carbocycles. The van der Waals surface area contributed by atoms with Gasteiger partial charge in [-0.15, -0.1) is 0 Å². The van der Waals surface area contributed by atoms with Crippen LogP contribution in [0.25, 0.3) is 0 Å². The highest BCUT2D eigenvalue weighted by atomic mass is 16.1. The summed E-state index contributed by atoms with van der Waals surface area (Å²) in [5, 5.41) is 0. The number of ketones is 1. The van der Waals surface area contributed by atoms with Crippen LogP contribution in [0, 0.1) is 11.8 Å². The summed E-state index contributed by atoms with van der Waals surface area (Å²) in [6.45, 7) is 3.30. The molecular formula is C12H13NO. The number of nitrogens with two attached hydrogens (primary N) is 1. The van der Waals surface area contributed by atoms with Crippen LogP contribution < -0.4 is 5.73 Å². The molecule has 0 saturated heterocycles. The maximum absolute atomic E-state index is 11.3. The smallest absolute Gasteiger partial charge is 0.225 e. The van der Waals surface area contributed by atoms with Gasteiger partial charge in [-0.25, -0.2) is 0 Å². The summed E-state index contributed by atoms with van der Waals surface area (Å²) in [6.07, 6.45) is 0. The van der Waals surface area contributed by atoms with Gasteiger partial charge in [0.25, 0.3) is 0 Å². The molecule has 0 bridgehead atoms. The molecule has 0 heterocycles. The van der Waals surface area contributed by atoms with Crippen molar-refractivity contribution in [1.29, 1.82) is 0 Å². The zero-order valence-corrected chi connectivity index (χ0v) is 8.37. The highest BCUT2D eigenvalue weighted by Crippen LogP contribution is 1.99. The maximum atomic E-state index is 11.3. The van der Waals surface area contributed by atoms with Gasteiger partial charge in [0.1, 0.15) is 0 Å². The second kappa shape index (κ2) is 4.08. The first-order valence-corrected chi connectivity index (χ1v) is 4.40. The van der Waals surface area contributed by atoms with Crippen LogP contribution in [0.2, 0.25) is 0 Å². The minimum atomic E-state index is -0.873. The number of carbonyl (C=O) groups excluding carboxylic acids is 1. The van der Waals surface area contributed by atoms with Crippen molar-refractivity contribution in [1.82, 2.24) is 0 Å². The van der Waals surface area contributed by atoms with Gasteiger partial charge in [0.2, 0.25) is 5.78 Å². The molecule has 0 saturated carbocycles. The Bertz CT molecular complexity index is 376. The van der Waals surface area contributed by atoms with E-state index < -0.39 is 5.54 Å². The second-order valence-corrected chi connectivity index (χ2v) is 3.67. The first kappa shape index (κ1) is 10.5. The lowest BCUT2D eigenvalue weighted by Gasteiger charge is -2.11. The van der Waals surface area contributed by atoms with Gasteiger partial charge in [0, 0.05) is 5.56 Å². The number of hydrogen-bond donors (Lipinski definition) is 1. The largest absolute Gasteiger partial charge is 0.319 e. The van der Waals surface area contributed by atoms with Crippen LogP contribution in [-0.4, -0.2) is 11.3 Å². The fourth-order valence-electron chi connectivity index (χ4n) is 0.812. The molecule has 0 radical (unpaired) electrons. The summed E-state index contributed by atoms with van der Waals surface area (Å²) in [4.78, 5) is 11.3. The Balaban J connectivity index is 2.80. The van der Waals surface area contributed by atoms with Gasteiger partial charge in [-0.1, -0.05) is 24.1 Å². The van der Waals surface area contributed by atoms with E-state index in [0.29, 0.717) is 0 Å². The van der Waals surface area contributed by atoms with Crippen molar-refractivity contribution < 1.29 is 4.79 Å². The van der Waals surface area contributed by atoms with Crippen molar-refractivity contribution in [2.24, 2.45) is 5.73 Å². The first-order valence-electron chi connectivity index (χ1n) is 4.40. The molecule has 0 unspecified atom stereocenters. The summed E-state index contributed by atoms with van der Waals surface area (Å²) in [7, 11) is 0. The zero-order chi connectivity index (χ0) is 10.6. The summed E-state index contributed by atoms with van der Waals surface area (Å²) in [5.41, 5.74) is 5.54. The van der Waals surface area contributed by atoms with Gasteiger partial charge in [-0.05, 0) is 31.9 Å². The Labute approximate surface area is 84.1 Å². The van der Waals surface area contributed by atoms with Gasteiger partial charge >= 0.3 is 0 Å². The van der Waals surface area contributed by atoms with Crippen LogP contribution in [-0.2, 0) is 4.79 Å². The number of rotatable bonds is 1. The molecule has 0 aromatic heterocycles. The van der Waals surface area contributed by atoms with Gasteiger partial charge in [-0.3, -0.25) is 4.79 Å². The Kier molecular flexibility index (Phi) is 3.06. The number of carbonyl (C=O) groups is 1. The van der Waals surface area contributed by atoms with E-state index >= 15 is 0 Å². The lowest BCUT2D eigenvalue weighted by molar-refractivity contribution is -0.117. The van der Waals surface area contributed by atoms with Crippen LogP contribution in [0.15, 0.2) is 30.3 Å². The van der Waals surface area contributed by atoms with E-state index in [1.807, 2.05) is 30.3 Å². The molecule has 0 aliphatic rings. The molecule has 1 rings (SSSR count). The first-order chi connectivity index (χ1) is 6.50. The summed E-state index contributed by atoms with van der Waals surface area (Å²) in [6, 6.07) is 9.36. The SMILES string of the molecule is CC(C)(N)C(=O)C#Cc1ccccc1. The summed E-state index contributed by atoms with van der Waals surface area (Å²) >= 11 is 0. The van der Waals surface area contributed by atoms with E-state index in [2.05, 4.69) is 11.8 Å². The lowest BCUT2D eigenvalue weighted by Crippen LogP contribution is -2.40. The Morgan fingerprint density at radius 3 is 2.36 bits per heavy atom. The van der Waals surface area contributed by atoms with Crippen molar-refractivity contribution in [2.45, 2.75) is 19.4 Å². The predicted octanol–water partition coefficient (Wildman–Crippen LogP) is 1.34. The maximum Gasteiger partial charge on any atom is 0.225 e. The van der Waals surface area contributed by atoms with Crippen molar-refractivity contribution in [3.8, 4) is 11.8 Å². The molecule has 0 spiro atoms. The average molecular weight is 187 g/mol. The molecule has 2 heteroatoms. The van der Waals surface area contributed by atoms with Gasteiger partial charge in [0.05, 0.1) is 5.54 Å². The van der Waals surface area contributed by atoms with Crippen LogP contribution >= 0.6 is 0 Å². The van der Waals surface area contributed by atoms with Crippen molar-refractivity contribution in [2.75, 3.05) is 0 Å². The van der Waals surface area contributed by atoms with E-state index in [1.165, 1.54) is 0 Å². The lowest BCUT2D eigenvalue weighted by atomic mass is 10.0. The number of hydrogen-bond acceptors (Lipinski definition) is 2. The van der Waals surface area contributed by atoms with Crippen molar-refractivity contribution in [3.63, 3.8) is 0 Å². The van der Waals surface area contributed by atoms with Crippen molar-refractivity contribution >= 4 is 5.78 Å². The van der Waals surface area contributed by atoms with E-state index in [1.54, 1.807) is 13.8 Å². The zero-order valence-electron chi connectivity index (χ0n) is 8.37. The van der Waals surface area contributed by atoms with E-state index in [0.717, 1.165) is 5.56 Å². The molecule has 0 atom stereocenters. The summed E-state index contributed by atoms with van der Waals surface area (Å²) in [5.74, 6) is 5.05. The third-order valence-corrected chi connectivity index (χ3v) is 1.68. The molecule has 72 valence electrons. The fraction of sp³-hybridized carbons (Fsp3) is 0.250. The Morgan fingerprint density at radius 1 is 1.29 bits per heavy atom. The third-order valence-electron chi connectivity index (χ3n) is 1.68.